The summed E-state index contributed by atoms with van der Waals surface area (Å²) in [6.45, 7) is 1.42. The van der Waals surface area contributed by atoms with Crippen LogP contribution in [0.2, 0.25) is 0 Å². The number of carbonyl (C=O) groups excluding carboxylic acids is 1. The third-order valence-electron chi connectivity index (χ3n) is 6.76. The van der Waals surface area contributed by atoms with Gasteiger partial charge < -0.3 is 24.1 Å². The number of aromatic nitrogens is 1. The van der Waals surface area contributed by atoms with Crippen molar-refractivity contribution in [3.8, 4) is 11.5 Å². The summed E-state index contributed by atoms with van der Waals surface area (Å²) >= 11 is 0. The molecular weight excluding hydrogens is 422 g/mol. The maximum Gasteiger partial charge on any atom is 0.419 e. The molecule has 1 aliphatic carbocycles. The quantitative estimate of drug-likeness (QED) is 0.615. The lowest BCUT2D eigenvalue weighted by molar-refractivity contribution is -0.122. The minimum absolute atomic E-state index is 0.0360. The average molecular weight is 452 g/mol. The van der Waals surface area contributed by atoms with Gasteiger partial charge in [0, 0.05) is 18.8 Å². The number of likely N-dealkylation sites (N-methyl/N-ethyl adjacent to an activating group) is 1. The zero-order valence-electron chi connectivity index (χ0n) is 19.1. The van der Waals surface area contributed by atoms with E-state index in [-0.39, 0.29) is 18.5 Å². The number of amides is 1. The van der Waals surface area contributed by atoms with Crippen LogP contribution < -0.4 is 20.5 Å². The highest BCUT2D eigenvalue weighted by Gasteiger charge is 2.42. The Bertz CT molecular complexity index is 1240. The van der Waals surface area contributed by atoms with Crippen LogP contribution in [0, 0.1) is 0 Å². The van der Waals surface area contributed by atoms with Gasteiger partial charge in [-0.15, -0.1) is 0 Å². The lowest BCUT2D eigenvalue weighted by atomic mass is 9.68. The summed E-state index contributed by atoms with van der Waals surface area (Å²) in [5.41, 5.74) is 2.17. The van der Waals surface area contributed by atoms with Crippen LogP contribution in [0.5, 0.6) is 11.5 Å². The predicted molar refractivity (Wildman–Crippen MR) is 125 cm³/mol. The molecular formula is C25H29N3O5. The molecule has 1 saturated carbocycles. The van der Waals surface area contributed by atoms with Gasteiger partial charge in [-0.1, -0.05) is 25.3 Å². The molecule has 33 heavy (non-hydrogen) atoms. The molecule has 174 valence electrons. The minimum atomic E-state index is -0.630. The molecule has 0 spiro atoms. The number of benzene rings is 2. The zero-order valence-corrected chi connectivity index (χ0v) is 19.1. The van der Waals surface area contributed by atoms with Gasteiger partial charge in [-0.05, 0) is 62.8 Å². The topological polar surface area (TPSA) is 85.9 Å². The minimum Gasteiger partial charge on any atom is -0.454 e. The molecule has 8 nitrogen and oxygen atoms in total. The number of ether oxygens (including phenoxy) is 2. The number of hydrogen-bond acceptors (Lipinski definition) is 6. The van der Waals surface area contributed by atoms with E-state index in [9.17, 15) is 9.59 Å². The van der Waals surface area contributed by atoms with Gasteiger partial charge in [0.25, 0.3) is 0 Å². The van der Waals surface area contributed by atoms with Crippen LogP contribution in [0.3, 0.4) is 0 Å². The zero-order chi connectivity index (χ0) is 23.0. The molecule has 8 heteroatoms. The summed E-state index contributed by atoms with van der Waals surface area (Å²) in [5.74, 6) is 0.978. The van der Waals surface area contributed by atoms with Crippen molar-refractivity contribution in [3.63, 3.8) is 0 Å². The van der Waals surface area contributed by atoms with E-state index < -0.39 is 5.41 Å². The molecule has 1 N–H and O–H groups in total. The van der Waals surface area contributed by atoms with E-state index in [1.54, 1.807) is 16.7 Å². The van der Waals surface area contributed by atoms with Crippen molar-refractivity contribution >= 4 is 22.7 Å². The number of anilines is 1. The van der Waals surface area contributed by atoms with Gasteiger partial charge in [0.05, 0.1) is 10.9 Å². The van der Waals surface area contributed by atoms with Crippen molar-refractivity contribution in [1.82, 2.24) is 9.47 Å². The molecule has 0 atom stereocenters. The maximum absolute atomic E-state index is 13.7. The summed E-state index contributed by atoms with van der Waals surface area (Å²) in [4.78, 5) is 28.1. The number of rotatable bonds is 6. The Labute approximate surface area is 192 Å². The highest BCUT2D eigenvalue weighted by Crippen LogP contribution is 2.44. The second kappa shape index (κ2) is 8.59. The molecule has 3 aromatic rings. The van der Waals surface area contributed by atoms with E-state index in [0.717, 1.165) is 37.7 Å². The summed E-state index contributed by atoms with van der Waals surface area (Å²) in [6, 6.07) is 11.2. The van der Waals surface area contributed by atoms with Crippen molar-refractivity contribution in [3.05, 3.63) is 52.5 Å². The van der Waals surface area contributed by atoms with E-state index in [4.69, 9.17) is 13.9 Å². The van der Waals surface area contributed by atoms with E-state index in [2.05, 4.69) is 5.32 Å². The molecule has 5 rings (SSSR count). The first-order valence-electron chi connectivity index (χ1n) is 11.5. The molecule has 1 fully saturated rings. The largest absolute Gasteiger partial charge is 0.454 e. The van der Waals surface area contributed by atoms with Crippen LogP contribution in [-0.2, 0) is 16.8 Å². The average Bonchev–Trinajstić information content (AvgIpc) is 3.40. The Hall–Kier alpha value is -3.26. The van der Waals surface area contributed by atoms with Crippen molar-refractivity contribution in [1.29, 1.82) is 0 Å². The Morgan fingerprint density at radius 1 is 1.06 bits per heavy atom. The lowest BCUT2D eigenvalue weighted by Crippen LogP contribution is -2.42. The van der Waals surface area contributed by atoms with Crippen molar-refractivity contribution in [2.45, 2.75) is 44.1 Å². The molecule has 1 aliphatic heterocycles. The second-order valence-electron chi connectivity index (χ2n) is 9.17. The summed E-state index contributed by atoms with van der Waals surface area (Å²) in [6.07, 6.45) is 4.66. The number of oxazole rings is 1. The monoisotopic (exact) mass is 451 g/mol. The lowest BCUT2D eigenvalue weighted by Gasteiger charge is -2.36. The van der Waals surface area contributed by atoms with Gasteiger partial charge in [-0.2, -0.15) is 0 Å². The van der Waals surface area contributed by atoms with Gasteiger partial charge >= 0.3 is 5.76 Å². The Kier molecular flexibility index (Phi) is 5.62. The Morgan fingerprint density at radius 2 is 1.85 bits per heavy atom. The van der Waals surface area contributed by atoms with Gasteiger partial charge in [0.15, 0.2) is 17.1 Å². The maximum atomic E-state index is 13.7. The highest BCUT2D eigenvalue weighted by atomic mass is 16.7. The number of nitrogens with one attached hydrogen (secondary N) is 1. The molecule has 0 unspecified atom stereocenters. The number of carbonyl (C=O) groups is 1. The van der Waals surface area contributed by atoms with Crippen LogP contribution in [0.1, 0.15) is 37.7 Å². The SMILES string of the molecule is CN(C)CCn1c(=O)oc2ccc(NC(=O)C3(c4ccc5c(c4)OCO5)CCCCC3)cc21. The van der Waals surface area contributed by atoms with E-state index in [1.807, 2.05) is 43.3 Å². The van der Waals surface area contributed by atoms with E-state index >= 15 is 0 Å². The van der Waals surface area contributed by atoms with Crippen LogP contribution in [0.4, 0.5) is 5.69 Å². The van der Waals surface area contributed by atoms with Gasteiger partial charge in [-0.25, -0.2) is 4.79 Å². The predicted octanol–water partition coefficient (Wildman–Crippen LogP) is 3.73. The normalized spacial score (nSPS) is 16.9. The van der Waals surface area contributed by atoms with Crippen molar-refractivity contribution < 1.29 is 18.7 Å². The number of fused-ring (bicyclic) bond motifs is 2. The second-order valence-corrected chi connectivity index (χ2v) is 9.17. The van der Waals surface area contributed by atoms with Crippen LogP contribution >= 0.6 is 0 Å². The first-order chi connectivity index (χ1) is 16.0. The van der Waals surface area contributed by atoms with Crippen LogP contribution in [0.15, 0.2) is 45.6 Å². The van der Waals surface area contributed by atoms with Crippen LogP contribution in [-0.4, -0.2) is 42.8 Å². The van der Waals surface area contributed by atoms with Crippen molar-refractivity contribution in [2.75, 3.05) is 32.7 Å². The van der Waals surface area contributed by atoms with Crippen LogP contribution in [0.25, 0.3) is 11.1 Å². The molecule has 2 aliphatic rings. The standard InChI is InChI=1S/C25H29N3O5/c1-27(2)12-13-28-19-15-18(7-9-20(19)33-24(28)30)26-23(29)25(10-4-3-5-11-25)17-6-8-21-22(14-17)32-16-31-21/h6-9,14-15H,3-5,10-13,16H2,1-2H3,(H,26,29). The Morgan fingerprint density at radius 3 is 2.64 bits per heavy atom. The first-order valence-corrected chi connectivity index (χ1v) is 11.5. The van der Waals surface area contributed by atoms with Gasteiger partial charge in [0.1, 0.15) is 0 Å². The smallest absolute Gasteiger partial charge is 0.419 e. The summed E-state index contributed by atoms with van der Waals surface area (Å²) in [5, 5.41) is 3.13. The number of hydrogen-bond donors (Lipinski definition) is 1. The highest BCUT2D eigenvalue weighted by molar-refractivity contribution is 6.00. The molecule has 1 amide bonds. The van der Waals surface area contributed by atoms with E-state index in [1.165, 1.54) is 0 Å². The molecule has 0 saturated heterocycles. The van der Waals surface area contributed by atoms with Gasteiger partial charge in [-0.3, -0.25) is 9.36 Å². The third kappa shape index (κ3) is 3.99. The Balaban J connectivity index is 1.46. The fourth-order valence-corrected chi connectivity index (χ4v) is 4.90. The molecule has 2 heterocycles. The molecule has 2 aromatic carbocycles. The third-order valence-corrected chi connectivity index (χ3v) is 6.76. The van der Waals surface area contributed by atoms with Gasteiger partial charge in [0.2, 0.25) is 12.7 Å². The summed E-state index contributed by atoms with van der Waals surface area (Å²) in [7, 11) is 3.91. The number of nitrogens with zero attached hydrogens (tertiary/aromatic N) is 2. The van der Waals surface area contributed by atoms with E-state index in [0.29, 0.717) is 41.4 Å². The molecule has 1 aromatic heterocycles. The van der Waals surface area contributed by atoms with Crippen molar-refractivity contribution in [2.24, 2.45) is 0 Å². The fraction of sp³-hybridized carbons (Fsp3) is 0.440. The first kappa shape index (κ1) is 21.6. The molecule has 0 bridgehead atoms. The molecule has 0 radical (unpaired) electrons. The fourth-order valence-electron chi connectivity index (χ4n) is 4.90. The summed E-state index contributed by atoms with van der Waals surface area (Å²) < 4.78 is 18.0.